The van der Waals surface area contributed by atoms with Gasteiger partial charge in [0.1, 0.15) is 0 Å². The second-order valence-electron chi connectivity index (χ2n) is 5.36. The number of hydrogen-bond donors (Lipinski definition) is 2. The van der Waals surface area contributed by atoms with Crippen molar-refractivity contribution in [3.05, 3.63) is 71.8 Å². The Labute approximate surface area is 132 Å². The monoisotopic (exact) mass is 296 g/mol. The maximum Gasteiger partial charge on any atom is 0.314 e. The number of rotatable bonds is 8. The molecule has 3 heteroatoms. The molecule has 0 unspecified atom stereocenters. The summed E-state index contributed by atoms with van der Waals surface area (Å²) in [6.45, 7) is 1.42. The van der Waals surface area contributed by atoms with Crippen LogP contribution in [-0.2, 0) is 12.8 Å². The molecule has 0 bridgehead atoms. The Balaban J connectivity index is 1.49. The SMILES string of the molecule is O=C(NCCCc1ccccc1)NCCCc1ccccc1. The van der Waals surface area contributed by atoms with Crippen molar-refractivity contribution in [2.24, 2.45) is 0 Å². The summed E-state index contributed by atoms with van der Waals surface area (Å²) >= 11 is 0. The first-order valence-electron chi connectivity index (χ1n) is 7.94. The Morgan fingerprint density at radius 2 is 1.09 bits per heavy atom. The first-order chi connectivity index (χ1) is 10.8. The van der Waals surface area contributed by atoms with Crippen LogP contribution in [0.1, 0.15) is 24.0 Å². The molecule has 2 aromatic carbocycles. The molecule has 116 valence electrons. The molecule has 2 N–H and O–H groups in total. The lowest BCUT2D eigenvalue weighted by atomic mass is 10.1. The van der Waals surface area contributed by atoms with E-state index < -0.39 is 0 Å². The predicted octanol–water partition coefficient (Wildman–Crippen LogP) is 3.55. The number of hydrogen-bond acceptors (Lipinski definition) is 1. The molecule has 2 rings (SSSR count). The highest BCUT2D eigenvalue weighted by molar-refractivity contribution is 5.73. The van der Waals surface area contributed by atoms with E-state index >= 15 is 0 Å². The highest BCUT2D eigenvalue weighted by Gasteiger charge is 1.99. The molecule has 0 atom stereocenters. The lowest BCUT2D eigenvalue weighted by Crippen LogP contribution is -2.36. The van der Waals surface area contributed by atoms with Gasteiger partial charge in [-0.2, -0.15) is 0 Å². The molecular formula is C19H24N2O. The van der Waals surface area contributed by atoms with E-state index in [4.69, 9.17) is 0 Å². The van der Waals surface area contributed by atoms with Gasteiger partial charge in [-0.3, -0.25) is 0 Å². The zero-order valence-corrected chi connectivity index (χ0v) is 12.9. The highest BCUT2D eigenvalue weighted by atomic mass is 16.2. The summed E-state index contributed by atoms with van der Waals surface area (Å²) in [6.07, 6.45) is 3.91. The number of aryl methyl sites for hydroxylation is 2. The molecule has 2 amide bonds. The molecule has 0 aromatic heterocycles. The van der Waals surface area contributed by atoms with Gasteiger partial charge in [-0.15, -0.1) is 0 Å². The average molecular weight is 296 g/mol. The van der Waals surface area contributed by atoms with Crippen LogP contribution < -0.4 is 10.6 Å². The van der Waals surface area contributed by atoms with E-state index in [2.05, 4.69) is 34.9 Å². The van der Waals surface area contributed by atoms with Crippen molar-refractivity contribution in [2.75, 3.05) is 13.1 Å². The first kappa shape index (κ1) is 16.1. The van der Waals surface area contributed by atoms with Crippen LogP contribution in [0.3, 0.4) is 0 Å². The molecule has 0 aliphatic rings. The van der Waals surface area contributed by atoms with Crippen molar-refractivity contribution < 1.29 is 4.79 Å². The van der Waals surface area contributed by atoms with Crippen LogP contribution in [-0.4, -0.2) is 19.1 Å². The van der Waals surface area contributed by atoms with Crippen LogP contribution in [0.5, 0.6) is 0 Å². The number of amides is 2. The molecule has 0 aliphatic heterocycles. The number of nitrogens with one attached hydrogen (secondary N) is 2. The van der Waals surface area contributed by atoms with E-state index in [0.29, 0.717) is 13.1 Å². The third-order valence-corrected chi connectivity index (χ3v) is 3.54. The summed E-state index contributed by atoms with van der Waals surface area (Å²) in [4.78, 5) is 11.6. The van der Waals surface area contributed by atoms with Crippen molar-refractivity contribution in [1.29, 1.82) is 0 Å². The van der Waals surface area contributed by atoms with Gasteiger partial charge >= 0.3 is 6.03 Å². The minimum Gasteiger partial charge on any atom is -0.338 e. The fourth-order valence-electron chi connectivity index (χ4n) is 2.34. The van der Waals surface area contributed by atoms with Crippen molar-refractivity contribution in [3.63, 3.8) is 0 Å². The summed E-state index contributed by atoms with van der Waals surface area (Å²) in [7, 11) is 0. The molecule has 3 nitrogen and oxygen atoms in total. The summed E-state index contributed by atoms with van der Waals surface area (Å²) in [5.41, 5.74) is 2.63. The normalized spacial score (nSPS) is 10.2. The Kier molecular flexibility index (Phi) is 7.03. The van der Waals surface area contributed by atoms with Gasteiger partial charge in [0.25, 0.3) is 0 Å². The zero-order chi connectivity index (χ0) is 15.5. The molecule has 0 radical (unpaired) electrons. The Morgan fingerprint density at radius 3 is 1.50 bits per heavy atom. The second-order valence-corrected chi connectivity index (χ2v) is 5.36. The molecule has 0 saturated carbocycles. The van der Waals surface area contributed by atoms with E-state index in [-0.39, 0.29) is 6.03 Å². The molecule has 0 saturated heterocycles. The maximum absolute atomic E-state index is 11.6. The summed E-state index contributed by atoms with van der Waals surface area (Å²) in [5.74, 6) is 0. The van der Waals surface area contributed by atoms with E-state index in [1.54, 1.807) is 0 Å². The van der Waals surface area contributed by atoms with Gasteiger partial charge in [-0.1, -0.05) is 60.7 Å². The molecule has 0 fully saturated rings. The van der Waals surface area contributed by atoms with Crippen LogP contribution >= 0.6 is 0 Å². The fourth-order valence-corrected chi connectivity index (χ4v) is 2.34. The van der Waals surface area contributed by atoms with Crippen LogP contribution in [0.4, 0.5) is 4.79 Å². The number of carbonyl (C=O) groups excluding carboxylic acids is 1. The predicted molar refractivity (Wildman–Crippen MR) is 90.9 cm³/mol. The van der Waals surface area contributed by atoms with Gasteiger partial charge in [0.2, 0.25) is 0 Å². The smallest absolute Gasteiger partial charge is 0.314 e. The highest BCUT2D eigenvalue weighted by Crippen LogP contribution is 2.02. The van der Waals surface area contributed by atoms with Crippen LogP contribution in [0, 0.1) is 0 Å². The summed E-state index contributed by atoms with van der Waals surface area (Å²) < 4.78 is 0. The van der Waals surface area contributed by atoms with Crippen molar-refractivity contribution in [1.82, 2.24) is 10.6 Å². The Morgan fingerprint density at radius 1 is 0.682 bits per heavy atom. The summed E-state index contributed by atoms with van der Waals surface area (Å²) in [6, 6.07) is 20.6. The Hall–Kier alpha value is -2.29. The van der Waals surface area contributed by atoms with Crippen molar-refractivity contribution in [3.8, 4) is 0 Å². The van der Waals surface area contributed by atoms with Gasteiger partial charge in [0.05, 0.1) is 0 Å². The van der Waals surface area contributed by atoms with E-state index in [9.17, 15) is 4.79 Å². The fraction of sp³-hybridized carbons (Fsp3) is 0.316. The van der Waals surface area contributed by atoms with Gasteiger partial charge < -0.3 is 10.6 Å². The molecule has 22 heavy (non-hydrogen) atoms. The first-order valence-corrected chi connectivity index (χ1v) is 7.94. The number of benzene rings is 2. The van der Waals surface area contributed by atoms with E-state index in [0.717, 1.165) is 25.7 Å². The van der Waals surface area contributed by atoms with Crippen molar-refractivity contribution >= 4 is 6.03 Å². The molecular weight excluding hydrogens is 272 g/mol. The largest absolute Gasteiger partial charge is 0.338 e. The Bertz CT molecular complexity index is 490. The van der Waals surface area contributed by atoms with Crippen molar-refractivity contribution in [2.45, 2.75) is 25.7 Å². The third-order valence-electron chi connectivity index (χ3n) is 3.54. The lowest BCUT2D eigenvalue weighted by molar-refractivity contribution is 0.240. The number of carbonyl (C=O) groups is 1. The van der Waals surface area contributed by atoms with Crippen LogP contribution in [0.15, 0.2) is 60.7 Å². The minimum absolute atomic E-state index is 0.0684. The average Bonchev–Trinajstić information content (AvgIpc) is 2.57. The van der Waals surface area contributed by atoms with Crippen LogP contribution in [0.2, 0.25) is 0 Å². The lowest BCUT2D eigenvalue weighted by Gasteiger charge is -2.07. The van der Waals surface area contributed by atoms with E-state index in [1.165, 1.54) is 11.1 Å². The van der Waals surface area contributed by atoms with E-state index in [1.807, 2.05) is 36.4 Å². The molecule has 2 aromatic rings. The topological polar surface area (TPSA) is 41.1 Å². The number of urea groups is 1. The van der Waals surface area contributed by atoms with Gasteiger partial charge in [0, 0.05) is 13.1 Å². The van der Waals surface area contributed by atoms with Gasteiger partial charge in [-0.25, -0.2) is 4.79 Å². The maximum atomic E-state index is 11.6. The second kappa shape index (κ2) is 9.61. The molecule has 0 aliphatic carbocycles. The molecule has 0 heterocycles. The third kappa shape index (κ3) is 6.44. The van der Waals surface area contributed by atoms with Crippen LogP contribution in [0.25, 0.3) is 0 Å². The van der Waals surface area contributed by atoms with Gasteiger partial charge in [0.15, 0.2) is 0 Å². The zero-order valence-electron chi connectivity index (χ0n) is 12.9. The standard InChI is InChI=1S/C19H24N2O/c22-19(20-15-7-13-17-9-3-1-4-10-17)21-16-8-14-18-11-5-2-6-12-18/h1-6,9-12H,7-8,13-16H2,(H2,20,21,22). The minimum atomic E-state index is -0.0684. The quantitative estimate of drug-likeness (QED) is 0.719. The molecule has 0 spiro atoms. The summed E-state index contributed by atoms with van der Waals surface area (Å²) in [5, 5.41) is 5.80. The van der Waals surface area contributed by atoms with Gasteiger partial charge in [-0.05, 0) is 36.8 Å².